The van der Waals surface area contributed by atoms with Crippen LogP contribution in [0.4, 0.5) is 0 Å². The molecule has 0 aliphatic carbocycles. The molecule has 0 bridgehead atoms. The van der Waals surface area contributed by atoms with Crippen LogP contribution in [0.25, 0.3) is 0 Å². The van der Waals surface area contributed by atoms with Gasteiger partial charge in [-0.2, -0.15) is 0 Å². The molecule has 1 amide bonds. The maximum Gasteiger partial charge on any atom is 0.248 e. The van der Waals surface area contributed by atoms with E-state index in [0.29, 0.717) is 17.2 Å². The SMILES string of the molecule is NC(=O)c1ccc(CS(=O)CC2CNC2)cc1. The molecule has 1 saturated heterocycles. The van der Waals surface area contributed by atoms with Crippen molar-refractivity contribution in [3.8, 4) is 0 Å². The highest BCUT2D eigenvalue weighted by atomic mass is 32.2. The van der Waals surface area contributed by atoms with Crippen LogP contribution in [-0.2, 0) is 16.6 Å². The Labute approximate surface area is 103 Å². The molecule has 2 rings (SSSR count). The largest absolute Gasteiger partial charge is 0.366 e. The highest BCUT2D eigenvalue weighted by Gasteiger charge is 2.19. The molecule has 5 heteroatoms. The molecule has 1 fully saturated rings. The molecule has 17 heavy (non-hydrogen) atoms. The molecule has 1 aromatic rings. The zero-order chi connectivity index (χ0) is 12.3. The third-order valence-corrected chi connectivity index (χ3v) is 4.35. The summed E-state index contributed by atoms with van der Waals surface area (Å²) in [5.41, 5.74) is 6.63. The zero-order valence-corrected chi connectivity index (χ0v) is 10.3. The molecule has 0 aromatic heterocycles. The van der Waals surface area contributed by atoms with E-state index in [-0.39, 0.29) is 0 Å². The second kappa shape index (κ2) is 5.42. The van der Waals surface area contributed by atoms with Crippen molar-refractivity contribution in [2.45, 2.75) is 5.75 Å². The summed E-state index contributed by atoms with van der Waals surface area (Å²) in [6.45, 7) is 1.96. The van der Waals surface area contributed by atoms with Crippen molar-refractivity contribution in [2.24, 2.45) is 11.7 Å². The first-order valence-corrected chi connectivity index (χ1v) is 7.08. The van der Waals surface area contributed by atoms with Gasteiger partial charge in [0.1, 0.15) is 0 Å². The van der Waals surface area contributed by atoms with E-state index in [1.54, 1.807) is 12.1 Å². The van der Waals surface area contributed by atoms with Gasteiger partial charge in [0.05, 0.1) is 0 Å². The fourth-order valence-corrected chi connectivity index (χ4v) is 3.18. The molecular weight excluding hydrogens is 236 g/mol. The van der Waals surface area contributed by atoms with Gasteiger partial charge in [-0.3, -0.25) is 9.00 Å². The van der Waals surface area contributed by atoms with Gasteiger partial charge in [-0.05, 0) is 23.6 Å². The van der Waals surface area contributed by atoms with Crippen molar-refractivity contribution >= 4 is 16.7 Å². The molecule has 1 aromatic carbocycles. The molecule has 1 atom stereocenters. The van der Waals surface area contributed by atoms with Crippen molar-refractivity contribution in [2.75, 3.05) is 18.8 Å². The summed E-state index contributed by atoms with van der Waals surface area (Å²) >= 11 is 0. The Hall–Kier alpha value is -1.20. The number of hydrogen-bond donors (Lipinski definition) is 2. The average molecular weight is 252 g/mol. The van der Waals surface area contributed by atoms with Crippen molar-refractivity contribution < 1.29 is 9.00 Å². The Morgan fingerprint density at radius 3 is 2.47 bits per heavy atom. The predicted octanol–water partition coefficient (Wildman–Crippen LogP) is 0.254. The Morgan fingerprint density at radius 2 is 2.00 bits per heavy atom. The fraction of sp³-hybridized carbons (Fsp3) is 0.417. The minimum Gasteiger partial charge on any atom is -0.366 e. The van der Waals surface area contributed by atoms with Crippen LogP contribution in [0, 0.1) is 5.92 Å². The van der Waals surface area contributed by atoms with Crippen molar-refractivity contribution in [1.82, 2.24) is 5.32 Å². The summed E-state index contributed by atoms with van der Waals surface area (Å²) in [5, 5.41) is 3.16. The fourth-order valence-electron chi connectivity index (χ4n) is 1.74. The number of rotatable bonds is 5. The van der Waals surface area contributed by atoms with Gasteiger partial charge >= 0.3 is 0 Å². The van der Waals surface area contributed by atoms with Gasteiger partial charge in [0.25, 0.3) is 0 Å². The Balaban J connectivity index is 1.89. The predicted molar refractivity (Wildman–Crippen MR) is 68.0 cm³/mol. The Bertz CT molecular complexity index is 427. The lowest BCUT2D eigenvalue weighted by molar-refractivity contribution is 0.100. The lowest BCUT2D eigenvalue weighted by Gasteiger charge is -2.26. The summed E-state index contributed by atoms with van der Waals surface area (Å²) in [4.78, 5) is 10.9. The number of carbonyl (C=O) groups is 1. The highest BCUT2D eigenvalue weighted by molar-refractivity contribution is 7.84. The van der Waals surface area contributed by atoms with Gasteiger partial charge in [0.2, 0.25) is 5.91 Å². The van der Waals surface area contributed by atoms with Gasteiger partial charge in [-0.25, -0.2) is 0 Å². The van der Waals surface area contributed by atoms with E-state index in [9.17, 15) is 9.00 Å². The van der Waals surface area contributed by atoms with Crippen LogP contribution in [0.1, 0.15) is 15.9 Å². The van der Waals surface area contributed by atoms with Gasteiger partial charge in [0, 0.05) is 41.0 Å². The number of carbonyl (C=O) groups excluding carboxylic acids is 1. The van der Waals surface area contributed by atoms with Crippen LogP contribution in [0.5, 0.6) is 0 Å². The van der Waals surface area contributed by atoms with E-state index in [0.717, 1.165) is 24.4 Å². The number of nitrogens with one attached hydrogen (secondary N) is 1. The smallest absolute Gasteiger partial charge is 0.248 e. The molecule has 1 aliphatic rings. The molecule has 1 aliphatic heterocycles. The van der Waals surface area contributed by atoms with Gasteiger partial charge in [-0.15, -0.1) is 0 Å². The van der Waals surface area contributed by atoms with E-state index in [2.05, 4.69) is 5.32 Å². The van der Waals surface area contributed by atoms with E-state index in [1.807, 2.05) is 12.1 Å². The van der Waals surface area contributed by atoms with Crippen LogP contribution in [0.15, 0.2) is 24.3 Å². The second-order valence-electron chi connectivity index (χ2n) is 4.34. The third kappa shape index (κ3) is 3.38. The zero-order valence-electron chi connectivity index (χ0n) is 9.52. The van der Waals surface area contributed by atoms with Crippen LogP contribution >= 0.6 is 0 Å². The molecule has 3 N–H and O–H groups in total. The molecule has 92 valence electrons. The van der Waals surface area contributed by atoms with E-state index >= 15 is 0 Å². The van der Waals surface area contributed by atoms with Gasteiger partial charge in [0.15, 0.2) is 0 Å². The lowest BCUT2D eigenvalue weighted by Crippen LogP contribution is -2.44. The molecule has 4 nitrogen and oxygen atoms in total. The quantitative estimate of drug-likeness (QED) is 0.789. The highest BCUT2D eigenvalue weighted by Crippen LogP contribution is 2.10. The first-order chi connectivity index (χ1) is 8.15. The summed E-state index contributed by atoms with van der Waals surface area (Å²) in [5.74, 6) is 1.43. The summed E-state index contributed by atoms with van der Waals surface area (Å²) < 4.78 is 11.8. The van der Waals surface area contributed by atoms with E-state index < -0.39 is 16.7 Å². The molecule has 0 radical (unpaired) electrons. The second-order valence-corrected chi connectivity index (χ2v) is 5.84. The normalized spacial score (nSPS) is 17.4. The number of benzene rings is 1. The number of nitrogens with two attached hydrogens (primary N) is 1. The monoisotopic (exact) mass is 252 g/mol. The first-order valence-electron chi connectivity index (χ1n) is 5.59. The Kier molecular flexibility index (Phi) is 3.91. The van der Waals surface area contributed by atoms with Crippen LogP contribution < -0.4 is 11.1 Å². The van der Waals surface area contributed by atoms with Crippen LogP contribution in [0.3, 0.4) is 0 Å². The van der Waals surface area contributed by atoms with E-state index in [4.69, 9.17) is 5.73 Å². The lowest BCUT2D eigenvalue weighted by atomic mass is 10.1. The summed E-state index contributed by atoms with van der Waals surface area (Å²) in [6.07, 6.45) is 0. The molecule has 1 unspecified atom stereocenters. The van der Waals surface area contributed by atoms with Gasteiger partial charge < -0.3 is 11.1 Å². The maximum atomic E-state index is 11.8. The topological polar surface area (TPSA) is 72.2 Å². The standard InChI is InChI=1S/C12H16N2O2S/c13-12(15)11-3-1-9(2-4-11)7-17(16)8-10-5-14-6-10/h1-4,10,14H,5-8H2,(H2,13,15). The molecule has 1 heterocycles. The minimum atomic E-state index is -0.823. The maximum absolute atomic E-state index is 11.8. The van der Waals surface area contributed by atoms with E-state index in [1.165, 1.54) is 0 Å². The minimum absolute atomic E-state index is 0.432. The van der Waals surface area contributed by atoms with Crippen LogP contribution in [-0.4, -0.2) is 29.0 Å². The van der Waals surface area contributed by atoms with Crippen molar-refractivity contribution in [1.29, 1.82) is 0 Å². The first kappa shape index (κ1) is 12.3. The van der Waals surface area contributed by atoms with Crippen molar-refractivity contribution in [3.05, 3.63) is 35.4 Å². The number of primary amides is 1. The average Bonchev–Trinajstić information content (AvgIpc) is 2.24. The number of hydrogen-bond acceptors (Lipinski definition) is 3. The molecule has 0 spiro atoms. The molecule has 0 saturated carbocycles. The van der Waals surface area contributed by atoms with Crippen LogP contribution in [0.2, 0.25) is 0 Å². The third-order valence-electron chi connectivity index (χ3n) is 2.85. The van der Waals surface area contributed by atoms with Crippen molar-refractivity contribution in [3.63, 3.8) is 0 Å². The molecular formula is C12H16N2O2S. The Morgan fingerprint density at radius 1 is 1.35 bits per heavy atom. The summed E-state index contributed by atoms with van der Waals surface area (Å²) in [7, 11) is -0.823. The number of amides is 1. The summed E-state index contributed by atoms with van der Waals surface area (Å²) in [6, 6.07) is 6.99. The van der Waals surface area contributed by atoms with Gasteiger partial charge in [-0.1, -0.05) is 12.1 Å².